The van der Waals surface area contributed by atoms with Gasteiger partial charge >= 0.3 is 0 Å². The molecule has 0 saturated carbocycles. The molecule has 1 aliphatic heterocycles. The molecule has 0 bridgehead atoms. The Labute approximate surface area is 182 Å². The van der Waals surface area contributed by atoms with Gasteiger partial charge in [-0.3, -0.25) is 0 Å². The van der Waals surface area contributed by atoms with Gasteiger partial charge in [0.05, 0.1) is 12.4 Å². The maximum atomic E-state index is 2.45. The Morgan fingerprint density at radius 3 is 2.11 bits per heavy atom. The van der Waals surface area contributed by atoms with E-state index in [0.29, 0.717) is 0 Å². The molecule has 0 aromatic heterocycles. The van der Waals surface area contributed by atoms with E-state index in [0.717, 1.165) is 6.67 Å². The van der Waals surface area contributed by atoms with Crippen LogP contribution in [0.25, 0.3) is 10.8 Å². The van der Waals surface area contributed by atoms with Crippen LogP contribution in [0.4, 0.5) is 5.69 Å². The minimum Gasteiger partial charge on any atom is -0.358 e. The standard InChI is InChI=1S/C25H36N2.BrH/c1-2-3-4-5-6-7-8-9-10-13-19-26-20-21-27(22-26)25-18-14-16-23-15-11-12-17-24(23)25;/h11-12,14-18,20-21H,2-10,13,19,22H2,1H3;1H. The quantitative estimate of drug-likeness (QED) is 0.307. The van der Waals surface area contributed by atoms with Gasteiger partial charge in [0.15, 0.2) is 0 Å². The number of fused-ring (bicyclic) bond motifs is 1. The summed E-state index contributed by atoms with van der Waals surface area (Å²) in [4.78, 5) is 4.82. The van der Waals surface area contributed by atoms with Crippen molar-refractivity contribution in [2.45, 2.75) is 71.1 Å². The molecule has 0 radical (unpaired) electrons. The van der Waals surface area contributed by atoms with Crippen molar-refractivity contribution >= 4 is 33.4 Å². The van der Waals surface area contributed by atoms with E-state index in [-0.39, 0.29) is 17.0 Å². The van der Waals surface area contributed by atoms with Crippen molar-refractivity contribution in [3.05, 3.63) is 54.9 Å². The number of hydrogen-bond acceptors (Lipinski definition) is 2. The molecule has 3 heteroatoms. The summed E-state index contributed by atoms with van der Waals surface area (Å²) in [5.74, 6) is 0. The fraction of sp³-hybridized carbons (Fsp3) is 0.520. The third kappa shape index (κ3) is 6.84. The van der Waals surface area contributed by atoms with Gasteiger partial charge in [0.25, 0.3) is 0 Å². The van der Waals surface area contributed by atoms with Crippen LogP contribution in [0.2, 0.25) is 0 Å². The molecule has 0 saturated heterocycles. The average Bonchev–Trinajstić information content (AvgIpc) is 3.17. The molecular formula is C25H37BrN2. The van der Waals surface area contributed by atoms with Crippen LogP contribution in [0, 0.1) is 0 Å². The summed E-state index contributed by atoms with van der Waals surface area (Å²) in [7, 11) is 0. The lowest BCUT2D eigenvalue weighted by atomic mass is 10.1. The minimum absolute atomic E-state index is 0. The molecule has 3 rings (SSSR count). The summed E-state index contributed by atoms with van der Waals surface area (Å²) in [5.41, 5.74) is 1.31. The van der Waals surface area contributed by atoms with Gasteiger partial charge in [-0.1, -0.05) is 101 Å². The Morgan fingerprint density at radius 2 is 1.36 bits per heavy atom. The molecule has 2 aromatic rings. The molecular weight excluding hydrogens is 408 g/mol. The fourth-order valence-electron chi connectivity index (χ4n) is 4.03. The lowest BCUT2D eigenvalue weighted by Gasteiger charge is -2.22. The van der Waals surface area contributed by atoms with Gasteiger partial charge in [-0.25, -0.2) is 0 Å². The first-order valence-corrected chi connectivity index (χ1v) is 11.1. The molecule has 28 heavy (non-hydrogen) atoms. The lowest BCUT2D eigenvalue weighted by Crippen LogP contribution is -2.25. The molecule has 154 valence electrons. The van der Waals surface area contributed by atoms with Gasteiger partial charge in [0, 0.05) is 24.3 Å². The van der Waals surface area contributed by atoms with Crippen LogP contribution < -0.4 is 4.90 Å². The zero-order chi connectivity index (χ0) is 18.7. The number of benzene rings is 2. The van der Waals surface area contributed by atoms with Crippen LogP contribution >= 0.6 is 17.0 Å². The first-order valence-electron chi connectivity index (χ1n) is 11.1. The Bertz CT molecular complexity index is 707. The topological polar surface area (TPSA) is 6.48 Å². The van der Waals surface area contributed by atoms with Crippen LogP contribution in [0.1, 0.15) is 71.1 Å². The van der Waals surface area contributed by atoms with Crippen molar-refractivity contribution in [2.75, 3.05) is 18.1 Å². The average molecular weight is 445 g/mol. The highest BCUT2D eigenvalue weighted by atomic mass is 79.9. The zero-order valence-electron chi connectivity index (χ0n) is 17.5. The van der Waals surface area contributed by atoms with Crippen LogP contribution in [-0.2, 0) is 0 Å². The maximum Gasteiger partial charge on any atom is 0.0942 e. The van der Waals surface area contributed by atoms with Crippen molar-refractivity contribution in [2.24, 2.45) is 0 Å². The summed E-state index contributed by atoms with van der Waals surface area (Å²) >= 11 is 0. The molecule has 2 nitrogen and oxygen atoms in total. The molecule has 0 amide bonds. The molecule has 0 spiro atoms. The zero-order valence-corrected chi connectivity index (χ0v) is 19.2. The van der Waals surface area contributed by atoms with E-state index < -0.39 is 0 Å². The Morgan fingerprint density at radius 1 is 0.714 bits per heavy atom. The Balaban J connectivity index is 0.00000280. The highest BCUT2D eigenvalue weighted by Gasteiger charge is 2.15. The lowest BCUT2D eigenvalue weighted by molar-refractivity contribution is 0.388. The van der Waals surface area contributed by atoms with Crippen molar-refractivity contribution in [3.8, 4) is 0 Å². The van der Waals surface area contributed by atoms with E-state index in [1.54, 1.807) is 0 Å². The van der Waals surface area contributed by atoms with E-state index >= 15 is 0 Å². The van der Waals surface area contributed by atoms with Crippen LogP contribution in [0.3, 0.4) is 0 Å². The van der Waals surface area contributed by atoms with Crippen molar-refractivity contribution < 1.29 is 0 Å². The van der Waals surface area contributed by atoms with Gasteiger partial charge in [0.2, 0.25) is 0 Å². The summed E-state index contributed by atoms with van der Waals surface area (Å²) in [6, 6.07) is 15.3. The maximum absolute atomic E-state index is 2.45. The Kier molecular flexibility index (Phi) is 10.5. The number of nitrogens with zero attached hydrogens (tertiary/aromatic N) is 2. The molecule has 0 atom stereocenters. The number of unbranched alkanes of at least 4 members (excludes halogenated alkanes) is 9. The van der Waals surface area contributed by atoms with Crippen LogP contribution in [0.5, 0.6) is 0 Å². The number of halogens is 1. The fourth-order valence-corrected chi connectivity index (χ4v) is 4.03. The van der Waals surface area contributed by atoms with Crippen LogP contribution in [0.15, 0.2) is 54.9 Å². The van der Waals surface area contributed by atoms with Gasteiger partial charge in [-0.05, 0) is 17.9 Å². The second-order valence-electron chi connectivity index (χ2n) is 7.90. The monoisotopic (exact) mass is 444 g/mol. The van der Waals surface area contributed by atoms with Crippen LogP contribution in [-0.4, -0.2) is 18.1 Å². The number of anilines is 1. The van der Waals surface area contributed by atoms with Gasteiger partial charge in [-0.15, -0.1) is 17.0 Å². The molecule has 0 aliphatic carbocycles. The van der Waals surface area contributed by atoms with E-state index in [2.05, 4.69) is 71.6 Å². The summed E-state index contributed by atoms with van der Waals surface area (Å²) in [6.07, 6.45) is 18.5. The SMILES string of the molecule is Br.CCCCCCCCCCCCN1C=CN(c2cccc3ccccc23)C1. The van der Waals surface area contributed by atoms with Crippen molar-refractivity contribution in [1.29, 1.82) is 0 Å². The van der Waals surface area contributed by atoms with Gasteiger partial charge < -0.3 is 9.80 Å². The predicted octanol–water partition coefficient (Wildman–Crippen LogP) is 7.89. The summed E-state index contributed by atoms with van der Waals surface area (Å²) in [6.45, 7) is 4.44. The highest BCUT2D eigenvalue weighted by molar-refractivity contribution is 8.93. The molecule has 1 aliphatic rings. The second kappa shape index (κ2) is 12.9. The first-order chi connectivity index (χ1) is 13.4. The van der Waals surface area contributed by atoms with E-state index in [4.69, 9.17) is 0 Å². The molecule has 0 N–H and O–H groups in total. The number of hydrogen-bond donors (Lipinski definition) is 0. The largest absolute Gasteiger partial charge is 0.358 e. The number of rotatable bonds is 12. The summed E-state index contributed by atoms with van der Waals surface area (Å²) < 4.78 is 0. The third-order valence-corrected chi connectivity index (χ3v) is 5.67. The third-order valence-electron chi connectivity index (χ3n) is 5.67. The highest BCUT2D eigenvalue weighted by Crippen LogP contribution is 2.28. The minimum atomic E-state index is 0. The van der Waals surface area contributed by atoms with Gasteiger partial charge in [-0.2, -0.15) is 0 Å². The summed E-state index contributed by atoms with van der Waals surface area (Å²) in [5, 5.41) is 2.65. The Hall–Kier alpha value is -1.48. The normalized spacial score (nSPS) is 13.3. The molecule has 1 heterocycles. The smallest absolute Gasteiger partial charge is 0.0942 e. The second-order valence-corrected chi connectivity index (χ2v) is 7.90. The van der Waals surface area contributed by atoms with Crippen molar-refractivity contribution in [1.82, 2.24) is 4.90 Å². The first kappa shape index (κ1) is 22.8. The van der Waals surface area contributed by atoms with E-state index in [9.17, 15) is 0 Å². The van der Waals surface area contributed by atoms with E-state index in [1.165, 1.54) is 87.2 Å². The van der Waals surface area contributed by atoms with Crippen molar-refractivity contribution in [3.63, 3.8) is 0 Å². The molecule has 2 aromatic carbocycles. The predicted molar refractivity (Wildman–Crippen MR) is 129 cm³/mol. The van der Waals surface area contributed by atoms with E-state index in [1.807, 2.05) is 0 Å². The molecule has 0 unspecified atom stereocenters. The van der Waals surface area contributed by atoms with Gasteiger partial charge in [0.1, 0.15) is 0 Å². The molecule has 0 fully saturated rings.